The van der Waals surface area contributed by atoms with Crippen LogP contribution in [0, 0.1) is 0 Å². The number of anilines is 1. The monoisotopic (exact) mass is 256 g/mol. The highest BCUT2D eigenvalue weighted by atomic mass is 16.3. The summed E-state index contributed by atoms with van der Waals surface area (Å²) in [5, 5.41) is 0. The number of fused-ring (bicyclic) bond motifs is 1. The van der Waals surface area contributed by atoms with Crippen molar-refractivity contribution in [3.8, 4) is 0 Å². The minimum absolute atomic E-state index is 0.587. The molecule has 1 aromatic carbocycles. The molecule has 0 amide bonds. The van der Waals surface area contributed by atoms with Crippen LogP contribution in [0.25, 0.3) is 11.1 Å². The Balaban J connectivity index is 1.92. The molecule has 0 radical (unpaired) electrons. The van der Waals surface area contributed by atoms with Gasteiger partial charge in [-0.25, -0.2) is 9.97 Å². The number of rotatable bonds is 4. The van der Waals surface area contributed by atoms with Crippen molar-refractivity contribution in [3.63, 3.8) is 0 Å². The molecule has 0 aliphatic heterocycles. The van der Waals surface area contributed by atoms with Crippen LogP contribution in [-0.4, -0.2) is 14.5 Å². The van der Waals surface area contributed by atoms with E-state index in [1.165, 1.54) is 0 Å². The molecule has 5 nitrogen and oxygen atoms in total. The van der Waals surface area contributed by atoms with Gasteiger partial charge in [-0.05, 0) is 18.6 Å². The maximum absolute atomic E-state index is 5.88. The second kappa shape index (κ2) is 4.76. The summed E-state index contributed by atoms with van der Waals surface area (Å²) in [6, 6.07) is 5.57. The largest absolute Gasteiger partial charge is 0.439 e. The van der Waals surface area contributed by atoms with Crippen molar-refractivity contribution in [1.29, 1.82) is 0 Å². The van der Waals surface area contributed by atoms with E-state index in [1.807, 2.05) is 30.6 Å². The van der Waals surface area contributed by atoms with Crippen LogP contribution in [-0.2, 0) is 13.0 Å². The molecule has 0 fully saturated rings. The number of imidazole rings is 1. The number of nitrogens with zero attached hydrogens (tertiary/aromatic N) is 3. The molecule has 3 rings (SSSR count). The Labute approximate surface area is 111 Å². The first kappa shape index (κ1) is 11.8. The van der Waals surface area contributed by atoms with Gasteiger partial charge >= 0.3 is 0 Å². The van der Waals surface area contributed by atoms with Crippen molar-refractivity contribution < 1.29 is 4.42 Å². The third-order valence-corrected chi connectivity index (χ3v) is 3.08. The quantitative estimate of drug-likeness (QED) is 0.728. The van der Waals surface area contributed by atoms with E-state index in [2.05, 4.69) is 21.5 Å². The molecule has 98 valence electrons. The Morgan fingerprint density at radius 2 is 2.26 bits per heavy atom. The molecule has 0 saturated carbocycles. The summed E-state index contributed by atoms with van der Waals surface area (Å²) in [7, 11) is 0. The molecule has 3 aromatic rings. The third-order valence-electron chi connectivity index (χ3n) is 3.08. The zero-order chi connectivity index (χ0) is 13.2. The van der Waals surface area contributed by atoms with Crippen molar-refractivity contribution in [1.82, 2.24) is 14.5 Å². The summed E-state index contributed by atoms with van der Waals surface area (Å²) < 4.78 is 7.78. The van der Waals surface area contributed by atoms with Gasteiger partial charge < -0.3 is 14.7 Å². The van der Waals surface area contributed by atoms with Crippen LogP contribution in [0.1, 0.15) is 25.1 Å². The van der Waals surface area contributed by atoms with Crippen LogP contribution in [0.3, 0.4) is 0 Å². The summed E-state index contributed by atoms with van der Waals surface area (Å²) in [4.78, 5) is 8.79. The van der Waals surface area contributed by atoms with Gasteiger partial charge in [0.1, 0.15) is 17.9 Å². The van der Waals surface area contributed by atoms with E-state index in [0.717, 1.165) is 29.8 Å². The normalized spacial score (nSPS) is 11.2. The van der Waals surface area contributed by atoms with Crippen molar-refractivity contribution in [2.24, 2.45) is 0 Å². The molecule has 0 unspecified atom stereocenters. The van der Waals surface area contributed by atoms with E-state index in [4.69, 9.17) is 10.2 Å². The van der Waals surface area contributed by atoms with Gasteiger partial charge in [0, 0.05) is 18.8 Å². The Morgan fingerprint density at radius 3 is 3.05 bits per heavy atom. The molecular formula is C14H16N4O. The number of nitrogen functional groups attached to an aromatic ring is 1. The predicted molar refractivity (Wildman–Crippen MR) is 73.7 cm³/mol. The number of nitrogens with two attached hydrogens (primary N) is 1. The van der Waals surface area contributed by atoms with Crippen LogP contribution in [0.2, 0.25) is 0 Å². The van der Waals surface area contributed by atoms with Crippen LogP contribution in [0.4, 0.5) is 5.69 Å². The highest BCUT2D eigenvalue weighted by Crippen LogP contribution is 2.21. The van der Waals surface area contributed by atoms with Gasteiger partial charge in [0.05, 0.1) is 5.69 Å². The third kappa shape index (κ3) is 2.19. The van der Waals surface area contributed by atoms with E-state index < -0.39 is 0 Å². The molecule has 2 N–H and O–H groups in total. The number of hydrogen-bond donors (Lipinski definition) is 1. The number of oxazole rings is 1. The number of aromatic nitrogens is 3. The number of aryl methyl sites for hydroxylation is 1. The average molecular weight is 256 g/mol. The van der Waals surface area contributed by atoms with Crippen molar-refractivity contribution in [2.45, 2.75) is 26.3 Å². The molecule has 0 spiro atoms. The van der Waals surface area contributed by atoms with Gasteiger partial charge in [0.15, 0.2) is 5.58 Å². The Bertz CT molecular complexity index is 698. The van der Waals surface area contributed by atoms with Gasteiger partial charge in [-0.15, -0.1) is 0 Å². The zero-order valence-electron chi connectivity index (χ0n) is 10.8. The number of para-hydroxylation sites is 1. The summed E-state index contributed by atoms with van der Waals surface area (Å²) in [6.45, 7) is 2.72. The minimum atomic E-state index is 0.587. The van der Waals surface area contributed by atoms with Gasteiger partial charge in [0.25, 0.3) is 0 Å². The van der Waals surface area contributed by atoms with Crippen molar-refractivity contribution in [3.05, 3.63) is 42.3 Å². The Morgan fingerprint density at radius 1 is 1.37 bits per heavy atom. The van der Waals surface area contributed by atoms with Gasteiger partial charge in [0.2, 0.25) is 5.89 Å². The lowest BCUT2D eigenvalue weighted by atomic mass is 10.3. The first-order valence-electron chi connectivity index (χ1n) is 6.42. The summed E-state index contributed by atoms with van der Waals surface area (Å²) >= 11 is 0. The predicted octanol–water partition coefficient (Wildman–Crippen LogP) is 2.61. The lowest BCUT2D eigenvalue weighted by Gasteiger charge is -2.03. The second-order valence-corrected chi connectivity index (χ2v) is 4.52. The van der Waals surface area contributed by atoms with Crippen LogP contribution in [0.15, 0.2) is 35.0 Å². The van der Waals surface area contributed by atoms with E-state index >= 15 is 0 Å². The van der Waals surface area contributed by atoms with Crippen LogP contribution in [0.5, 0.6) is 0 Å². The minimum Gasteiger partial charge on any atom is -0.439 e. The number of hydrogen-bond acceptors (Lipinski definition) is 4. The summed E-state index contributed by atoms with van der Waals surface area (Å²) in [5.41, 5.74) is 7.98. The molecule has 2 aromatic heterocycles. The van der Waals surface area contributed by atoms with E-state index in [9.17, 15) is 0 Å². The van der Waals surface area contributed by atoms with E-state index in [0.29, 0.717) is 18.1 Å². The van der Waals surface area contributed by atoms with E-state index in [1.54, 1.807) is 0 Å². The first-order valence-corrected chi connectivity index (χ1v) is 6.42. The maximum atomic E-state index is 5.88. The Hall–Kier alpha value is -2.30. The SMILES string of the molecule is CCCc1nccn1Cc1nc2c(N)cccc2o1. The lowest BCUT2D eigenvalue weighted by molar-refractivity contribution is 0.502. The average Bonchev–Trinajstić information content (AvgIpc) is 2.98. The highest BCUT2D eigenvalue weighted by Gasteiger charge is 2.10. The van der Waals surface area contributed by atoms with Gasteiger partial charge in [-0.1, -0.05) is 13.0 Å². The molecule has 5 heteroatoms. The molecule has 0 saturated heterocycles. The van der Waals surface area contributed by atoms with Crippen LogP contribution >= 0.6 is 0 Å². The molecule has 0 aliphatic rings. The second-order valence-electron chi connectivity index (χ2n) is 4.52. The van der Waals surface area contributed by atoms with Crippen molar-refractivity contribution in [2.75, 3.05) is 5.73 Å². The van der Waals surface area contributed by atoms with Gasteiger partial charge in [-0.3, -0.25) is 0 Å². The fourth-order valence-corrected chi connectivity index (χ4v) is 2.16. The Kier molecular flexibility index (Phi) is 2.95. The molecule has 2 heterocycles. The van der Waals surface area contributed by atoms with Crippen molar-refractivity contribution >= 4 is 16.8 Å². The molecule has 0 atom stereocenters. The zero-order valence-corrected chi connectivity index (χ0v) is 10.8. The molecule has 0 aliphatic carbocycles. The van der Waals surface area contributed by atoms with Crippen LogP contribution < -0.4 is 5.73 Å². The summed E-state index contributed by atoms with van der Waals surface area (Å²) in [6.07, 6.45) is 5.78. The summed E-state index contributed by atoms with van der Waals surface area (Å²) in [5.74, 6) is 1.71. The maximum Gasteiger partial charge on any atom is 0.215 e. The lowest BCUT2D eigenvalue weighted by Crippen LogP contribution is -2.04. The standard InChI is InChI=1S/C14H16N4O/c1-2-4-12-16-7-8-18(12)9-13-17-14-10(15)5-3-6-11(14)19-13/h3,5-8H,2,4,9,15H2,1H3. The number of benzene rings is 1. The fourth-order valence-electron chi connectivity index (χ4n) is 2.16. The highest BCUT2D eigenvalue weighted by molar-refractivity contribution is 5.85. The van der Waals surface area contributed by atoms with E-state index in [-0.39, 0.29) is 0 Å². The molecule has 0 bridgehead atoms. The first-order chi connectivity index (χ1) is 9.28. The van der Waals surface area contributed by atoms with Gasteiger partial charge in [-0.2, -0.15) is 0 Å². The molecular weight excluding hydrogens is 240 g/mol. The smallest absolute Gasteiger partial charge is 0.215 e. The fraction of sp³-hybridized carbons (Fsp3) is 0.286. The topological polar surface area (TPSA) is 69.9 Å². The molecule has 19 heavy (non-hydrogen) atoms.